The van der Waals surface area contributed by atoms with Crippen molar-refractivity contribution in [3.8, 4) is 0 Å². The van der Waals surface area contributed by atoms with E-state index in [4.69, 9.17) is 0 Å². The molecule has 0 aliphatic heterocycles. The minimum Gasteiger partial charge on any atom is -0.334 e. The molecule has 1 aromatic heterocycles. The molecule has 0 saturated carbocycles. The van der Waals surface area contributed by atoms with E-state index >= 15 is 0 Å². The van der Waals surface area contributed by atoms with Crippen LogP contribution in [0.3, 0.4) is 0 Å². The van der Waals surface area contributed by atoms with Gasteiger partial charge in [0.15, 0.2) is 0 Å². The fourth-order valence-corrected chi connectivity index (χ4v) is 1.67. The zero-order valence-electron chi connectivity index (χ0n) is 10.4. The summed E-state index contributed by atoms with van der Waals surface area (Å²) in [7, 11) is 0. The van der Waals surface area contributed by atoms with Crippen LogP contribution in [0.2, 0.25) is 0 Å². The highest BCUT2D eigenvalue weighted by Crippen LogP contribution is 2.24. The lowest BCUT2D eigenvalue weighted by atomic mass is 10.1. The Morgan fingerprint density at radius 3 is 2.79 bits per heavy atom. The molecule has 0 amide bonds. The fourth-order valence-electron chi connectivity index (χ4n) is 1.67. The first-order valence-electron chi connectivity index (χ1n) is 5.56. The topological polar surface area (TPSA) is 101 Å². The lowest BCUT2D eigenvalue weighted by Crippen LogP contribution is -2.14. The van der Waals surface area contributed by atoms with Gasteiger partial charge in [0.05, 0.1) is 11.3 Å². The number of hydrogen-bond donors (Lipinski definition) is 2. The van der Waals surface area contributed by atoms with E-state index in [0.29, 0.717) is 5.69 Å². The second-order valence-corrected chi connectivity index (χ2v) is 4.06. The zero-order valence-corrected chi connectivity index (χ0v) is 10.4. The minimum atomic E-state index is -0.784. The van der Waals surface area contributed by atoms with E-state index in [1.165, 1.54) is 0 Å². The minimum absolute atomic E-state index is 0.0672. The molecule has 0 bridgehead atoms. The summed E-state index contributed by atoms with van der Waals surface area (Å²) in [5.74, 6) is -0.0672. The first kappa shape index (κ1) is 12.7. The van der Waals surface area contributed by atoms with E-state index in [1.54, 1.807) is 6.07 Å². The van der Waals surface area contributed by atoms with Crippen LogP contribution in [0.15, 0.2) is 29.3 Å². The van der Waals surface area contributed by atoms with Gasteiger partial charge in [0.25, 0.3) is 0 Å². The Labute approximate surface area is 108 Å². The van der Waals surface area contributed by atoms with Crippen molar-refractivity contribution in [2.24, 2.45) is 0 Å². The Hall–Kier alpha value is -2.70. The number of anilines is 2. The molecule has 98 valence electrons. The van der Waals surface area contributed by atoms with Gasteiger partial charge in [-0.25, -0.2) is 4.98 Å². The van der Waals surface area contributed by atoms with Crippen LogP contribution in [0, 0.1) is 24.0 Å². The molecule has 2 rings (SSSR count). The zero-order chi connectivity index (χ0) is 14.0. The molecule has 0 spiro atoms. The van der Waals surface area contributed by atoms with E-state index in [9.17, 15) is 14.9 Å². The number of aromatic amines is 1. The summed E-state index contributed by atoms with van der Waals surface area (Å²) in [6.45, 7) is 3.82. The first-order valence-corrected chi connectivity index (χ1v) is 5.56. The quantitative estimate of drug-likeness (QED) is 0.649. The summed E-state index contributed by atoms with van der Waals surface area (Å²) in [4.78, 5) is 27.6. The molecule has 0 saturated heterocycles. The lowest BCUT2D eigenvalue weighted by molar-refractivity contribution is -0.385. The standard InChI is InChI=1S/C12H12N4O3/c1-7-4-3-5-9(8(7)2)15-11-10(16(18)19)12(17)14-6-13-11/h3-6H,1-2H3,(H2,13,14,15,17). The highest BCUT2D eigenvalue weighted by atomic mass is 16.6. The van der Waals surface area contributed by atoms with E-state index in [-0.39, 0.29) is 5.82 Å². The predicted molar refractivity (Wildman–Crippen MR) is 70.7 cm³/mol. The Morgan fingerprint density at radius 2 is 2.11 bits per heavy atom. The average Bonchev–Trinajstić information content (AvgIpc) is 2.34. The SMILES string of the molecule is Cc1cccc(Nc2nc[nH]c(=O)c2[N+](=O)[O-])c1C. The van der Waals surface area contributed by atoms with Gasteiger partial charge in [0.2, 0.25) is 5.82 Å². The van der Waals surface area contributed by atoms with Crippen LogP contribution in [-0.4, -0.2) is 14.9 Å². The Morgan fingerprint density at radius 1 is 1.37 bits per heavy atom. The first-order chi connectivity index (χ1) is 9.00. The van der Waals surface area contributed by atoms with Gasteiger partial charge in [-0.3, -0.25) is 14.9 Å². The second-order valence-electron chi connectivity index (χ2n) is 4.06. The fraction of sp³-hybridized carbons (Fsp3) is 0.167. The van der Waals surface area contributed by atoms with E-state index in [0.717, 1.165) is 17.5 Å². The van der Waals surface area contributed by atoms with Crippen molar-refractivity contribution in [1.29, 1.82) is 0 Å². The van der Waals surface area contributed by atoms with Gasteiger partial charge in [0.1, 0.15) is 0 Å². The van der Waals surface area contributed by atoms with Gasteiger partial charge in [0, 0.05) is 5.69 Å². The average molecular weight is 260 g/mol. The monoisotopic (exact) mass is 260 g/mol. The molecule has 7 heteroatoms. The molecule has 2 N–H and O–H groups in total. The summed E-state index contributed by atoms with van der Waals surface area (Å²) in [6.07, 6.45) is 1.13. The van der Waals surface area contributed by atoms with E-state index in [1.807, 2.05) is 26.0 Å². The molecule has 1 aromatic carbocycles. The molecule has 2 aromatic rings. The Balaban J connectivity index is 2.50. The number of H-pyrrole nitrogens is 1. The van der Waals surface area contributed by atoms with Crippen LogP contribution in [0.5, 0.6) is 0 Å². The number of aryl methyl sites for hydroxylation is 1. The summed E-state index contributed by atoms with van der Waals surface area (Å²) in [5.41, 5.74) is 1.29. The molecular weight excluding hydrogens is 248 g/mol. The van der Waals surface area contributed by atoms with Crippen LogP contribution in [0.4, 0.5) is 17.2 Å². The van der Waals surface area contributed by atoms with Gasteiger partial charge in [-0.15, -0.1) is 0 Å². The van der Waals surface area contributed by atoms with Crippen molar-refractivity contribution in [1.82, 2.24) is 9.97 Å². The number of nitrogens with zero attached hydrogens (tertiary/aromatic N) is 2. The number of nitrogens with one attached hydrogen (secondary N) is 2. The molecule has 0 radical (unpaired) electrons. The summed E-state index contributed by atoms with van der Waals surface area (Å²) in [5, 5.41) is 13.7. The van der Waals surface area contributed by atoms with Gasteiger partial charge < -0.3 is 10.3 Å². The van der Waals surface area contributed by atoms with Crippen molar-refractivity contribution in [2.75, 3.05) is 5.32 Å². The van der Waals surface area contributed by atoms with Crippen molar-refractivity contribution in [3.63, 3.8) is 0 Å². The molecule has 0 fully saturated rings. The van der Waals surface area contributed by atoms with Crippen LogP contribution in [0.1, 0.15) is 11.1 Å². The van der Waals surface area contributed by atoms with E-state index in [2.05, 4.69) is 15.3 Å². The van der Waals surface area contributed by atoms with Crippen molar-refractivity contribution < 1.29 is 4.92 Å². The molecule has 1 heterocycles. The van der Waals surface area contributed by atoms with Crippen LogP contribution in [0.25, 0.3) is 0 Å². The Kier molecular flexibility index (Phi) is 3.28. The lowest BCUT2D eigenvalue weighted by Gasteiger charge is -2.10. The molecular formula is C12H12N4O3. The van der Waals surface area contributed by atoms with Gasteiger partial charge in [-0.2, -0.15) is 0 Å². The van der Waals surface area contributed by atoms with E-state index < -0.39 is 16.2 Å². The normalized spacial score (nSPS) is 10.2. The van der Waals surface area contributed by atoms with Crippen LogP contribution >= 0.6 is 0 Å². The maximum Gasteiger partial charge on any atom is 0.376 e. The van der Waals surface area contributed by atoms with Crippen molar-refractivity contribution in [3.05, 3.63) is 56.1 Å². The highest BCUT2D eigenvalue weighted by molar-refractivity contribution is 5.67. The number of benzene rings is 1. The third kappa shape index (κ3) is 2.44. The van der Waals surface area contributed by atoms with Crippen LogP contribution < -0.4 is 10.9 Å². The number of aromatic nitrogens is 2. The molecule has 0 atom stereocenters. The number of nitro groups is 1. The maximum absolute atomic E-state index is 11.4. The molecule has 0 unspecified atom stereocenters. The highest BCUT2D eigenvalue weighted by Gasteiger charge is 2.20. The van der Waals surface area contributed by atoms with Gasteiger partial charge in [-0.1, -0.05) is 12.1 Å². The largest absolute Gasteiger partial charge is 0.376 e. The third-order valence-corrected chi connectivity index (χ3v) is 2.87. The summed E-state index contributed by atoms with van der Waals surface area (Å²) >= 11 is 0. The number of rotatable bonds is 3. The maximum atomic E-state index is 11.4. The van der Waals surface area contributed by atoms with Crippen molar-refractivity contribution in [2.45, 2.75) is 13.8 Å². The smallest absolute Gasteiger partial charge is 0.334 e. The van der Waals surface area contributed by atoms with Gasteiger partial charge >= 0.3 is 11.2 Å². The number of hydrogen-bond acceptors (Lipinski definition) is 5. The Bertz CT molecular complexity index is 694. The molecule has 0 aliphatic carbocycles. The van der Waals surface area contributed by atoms with Gasteiger partial charge in [-0.05, 0) is 31.0 Å². The molecule has 7 nitrogen and oxygen atoms in total. The summed E-state index contributed by atoms with van der Waals surface area (Å²) < 4.78 is 0. The predicted octanol–water partition coefficient (Wildman–Crippen LogP) is 2.04. The van der Waals surface area contributed by atoms with Crippen LogP contribution in [-0.2, 0) is 0 Å². The van der Waals surface area contributed by atoms with Crippen molar-refractivity contribution >= 4 is 17.2 Å². The third-order valence-electron chi connectivity index (χ3n) is 2.87. The molecule has 0 aliphatic rings. The summed E-state index contributed by atoms with van der Waals surface area (Å²) in [6, 6.07) is 5.53. The molecule has 19 heavy (non-hydrogen) atoms. The second kappa shape index (κ2) is 4.89.